The Bertz CT molecular complexity index is 144. The van der Waals surface area contributed by atoms with E-state index in [2.05, 4.69) is 27.8 Å². The van der Waals surface area contributed by atoms with Crippen LogP contribution >= 0.6 is 0 Å². The molecule has 0 bridgehead atoms. The van der Waals surface area contributed by atoms with Gasteiger partial charge in [0.1, 0.15) is 0 Å². The topological polar surface area (TPSA) is 40.1 Å². The summed E-state index contributed by atoms with van der Waals surface area (Å²) in [4.78, 5) is 0. The minimum atomic E-state index is -1.75. The van der Waals surface area contributed by atoms with Crippen LogP contribution < -0.4 is 4.16 Å². The van der Waals surface area contributed by atoms with Crippen molar-refractivity contribution in [3.63, 3.8) is 0 Å². The molecule has 0 radical (unpaired) electrons. The first-order chi connectivity index (χ1) is 8.10. The van der Waals surface area contributed by atoms with Crippen molar-refractivity contribution in [3.8, 4) is 0 Å². The average molecular weight is 259 g/mol. The van der Waals surface area contributed by atoms with Crippen LogP contribution in [0.3, 0.4) is 0 Å². The zero-order chi connectivity index (χ0) is 13.6. The number of nitrogens with zero attached hydrogens (tertiary/aromatic N) is 1. The number of hydrogen-bond acceptors (Lipinski definition) is 2. The van der Waals surface area contributed by atoms with E-state index >= 15 is 0 Å². The van der Waals surface area contributed by atoms with E-state index in [4.69, 9.17) is 7.96 Å². The third kappa shape index (κ3) is 14.0. The fraction of sp³-hybridized carbons (Fsp3) is 1.00. The summed E-state index contributed by atoms with van der Waals surface area (Å²) >= 11 is -1.75. The molecule has 0 amide bonds. The standard InChI is InChI=1S/C13H30N.Al.2O/c1-5-8-11-14(4,12-9-6-2)13-10-7-3;;;/h5-13H2,1-4H3;;;/q+1;;;-1. The van der Waals surface area contributed by atoms with Crippen molar-refractivity contribution in [2.45, 2.75) is 59.3 Å². The van der Waals surface area contributed by atoms with Crippen LogP contribution in [0.5, 0.6) is 0 Å². The van der Waals surface area contributed by atoms with E-state index in [1.54, 1.807) is 0 Å². The molecule has 0 unspecified atom stereocenters. The van der Waals surface area contributed by atoms with Gasteiger partial charge in [-0.3, -0.25) is 0 Å². The fourth-order valence-corrected chi connectivity index (χ4v) is 1.95. The Hall–Kier alpha value is 0.0925. The molecule has 0 saturated heterocycles. The fourth-order valence-electron chi connectivity index (χ4n) is 1.95. The summed E-state index contributed by atoms with van der Waals surface area (Å²) < 4.78 is 18.2. The molecule has 0 aromatic carbocycles. The van der Waals surface area contributed by atoms with E-state index < -0.39 is 15.5 Å². The van der Waals surface area contributed by atoms with Gasteiger partial charge in [-0.1, -0.05) is 40.0 Å². The van der Waals surface area contributed by atoms with Crippen molar-refractivity contribution in [2.24, 2.45) is 0 Å². The third-order valence-corrected chi connectivity index (χ3v) is 3.15. The number of hydrogen-bond donors (Lipinski definition) is 0. The van der Waals surface area contributed by atoms with Gasteiger partial charge in [-0.15, -0.1) is 0 Å². The molecule has 0 spiro atoms. The molecule has 0 aliphatic heterocycles. The third-order valence-electron chi connectivity index (χ3n) is 3.15. The van der Waals surface area contributed by atoms with Gasteiger partial charge in [0.2, 0.25) is 0 Å². The van der Waals surface area contributed by atoms with Crippen molar-refractivity contribution in [3.05, 3.63) is 0 Å². The molecular formula is C13H30AlNO2. The molecule has 0 N–H and O–H groups in total. The van der Waals surface area contributed by atoms with E-state index in [0.29, 0.717) is 0 Å². The quantitative estimate of drug-likeness (QED) is 0.470. The normalized spacial score (nSPS) is 10.4. The Morgan fingerprint density at radius 1 is 0.882 bits per heavy atom. The molecule has 17 heavy (non-hydrogen) atoms. The summed E-state index contributed by atoms with van der Waals surface area (Å²) in [5.74, 6) is 0. The van der Waals surface area contributed by atoms with Crippen molar-refractivity contribution in [2.75, 3.05) is 26.7 Å². The van der Waals surface area contributed by atoms with E-state index in [-0.39, 0.29) is 0 Å². The zero-order valence-corrected chi connectivity index (χ0v) is 13.4. The second-order valence-electron chi connectivity index (χ2n) is 4.95. The monoisotopic (exact) mass is 259 g/mol. The van der Waals surface area contributed by atoms with Gasteiger partial charge in [0.05, 0.1) is 26.7 Å². The molecule has 3 nitrogen and oxygen atoms in total. The predicted molar refractivity (Wildman–Crippen MR) is 71.9 cm³/mol. The first kappa shape index (κ1) is 19.4. The molecule has 0 aromatic heterocycles. The zero-order valence-electron chi connectivity index (χ0n) is 12.2. The SMILES string of the molecule is CCCC[N+](C)(CCCC)CCCC.[O]=[Al][O-]. The van der Waals surface area contributed by atoms with E-state index in [1.807, 2.05) is 0 Å². The van der Waals surface area contributed by atoms with Crippen LogP contribution in [-0.2, 0) is 3.80 Å². The van der Waals surface area contributed by atoms with Crippen LogP contribution in [-0.4, -0.2) is 46.7 Å². The van der Waals surface area contributed by atoms with Crippen LogP contribution in [0, 0.1) is 0 Å². The van der Waals surface area contributed by atoms with Gasteiger partial charge in [-0.05, 0) is 19.3 Å². The van der Waals surface area contributed by atoms with Crippen LogP contribution in [0.4, 0.5) is 0 Å². The summed E-state index contributed by atoms with van der Waals surface area (Å²) in [6.07, 6.45) is 8.20. The van der Waals surface area contributed by atoms with Gasteiger partial charge in [0, 0.05) is 0 Å². The Morgan fingerprint density at radius 3 is 1.29 bits per heavy atom. The summed E-state index contributed by atoms with van der Waals surface area (Å²) in [5.41, 5.74) is 0. The molecule has 0 saturated carbocycles. The first-order valence-corrected chi connectivity index (χ1v) is 7.93. The molecule has 0 aliphatic rings. The molecule has 4 heteroatoms. The van der Waals surface area contributed by atoms with E-state index in [0.717, 1.165) is 0 Å². The van der Waals surface area contributed by atoms with Gasteiger partial charge in [0.25, 0.3) is 0 Å². The summed E-state index contributed by atoms with van der Waals surface area (Å²) in [7, 11) is 2.45. The second kappa shape index (κ2) is 14.2. The molecule has 0 aromatic rings. The Balaban J connectivity index is 0. The van der Waals surface area contributed by atoms with Crippen molar-refractivity contribution >= 4 is 15.5 Å². The number of quaternary nitrogens is 1. The minimum absolute atomic E-state index is 1.32. The predicted octanol–water partition coefficient (Wildman–Crippen LogP) is 2.14. The molecule has 0 fully saturated rings. The average Bonchev–Trinajstić information content (AvgIpc) is 2.33. The second-order valence-corrected chi connectivity index (χ2v) is 5.14. The van der Waals surface area contributed by atoms with E-state index in [9.17, 15) is 0 Å². The summed E-state index contributed by atoms with van der Waals surface area (Å²) in [6.45, 7) is 11.0. The van der Waals surface area contributed by atoms with Crippen molar-refractivity contribution in [1.29, 1.82) is 0 Å². The van der Waals surface area contributed by atoms with E-state index in [1.165, 1.54) is 62.6 Å². The van der Waals surface area contributed by atoms with Gasteiger partial charge in [0.15, 0.2) is 0 Å². The first-order valence-electron chi connectivity index (χ1n) is 6.99. The summed E-state index contributed by atoms with van der Waals surface area (Å²) in [5, 5.41) is 0. The number of rotatable bonds is 9. The van der Waals surface area contributed by atoms with Gasteiger partial charge >= 0.3 is 23.4 Å². The van der Waals surface area contributed by atoms with Crippen LogP contribution in [0.2, 0.25) is 0 Å². The van der Waals surface area contributed by atoms with Crippen LogP contribution in [0.15, 0.2) is 0 Å². The Kier molecular flexibility index (Phi) is 16.2. The Morgan fingerprint density at radius 2 is 1.12 bits per heavy atom. The van der Waals surface area contributed by atoms with Gasteiger partial charge < -0.3 is 4.48 Å². The molecule has 0 heterocycles. The maximum absolute atomic E-state index is 8.46. The molecular weight excluding hydrogens is 229 g/mol. The molecule has 0 rings (SSSR count). The van der Waals surface area contributed by atoms with Crippen molar-refractivity contribution in [1.82, 2.24) is 0 Å². The van der Waals surface area contributed by atoms with Crippen LogP contribution in [0.1, 0.15) is 59.3 Å². The molecule has 0 atom stereocenters. The molecule has 0 aliphatic carbocycles. The maximum atomic E-state index is 8.46. The Labute approximate surface area is 114 Å². The van der Waals surface area contributed by atoms with Crippen LogP contribution in [0.25, 0.3) is 0 Å². The summed E-state index contributed by atoms with van der Waals surface area (Å²) in [6, 6.07) is 0. The molecule has 102 valence electrons. The van der Waals surface area contributed by atoms with Gasteiger partial charge in [-0.25, -0.2) is 0 Å². The van der Waals surface area contributed by atoms with Gasteiger partial charge in [-0.2, -0.15) is 0 Å². The number of unbranched alkanes of at least 4 members (excludes halogenated alkanes) is 3. The van der Waals surface area contributed by atoms with Crippen molar-refractivity contribution < 1.29 is 12.4 Å².